The molecule has 2 atom stereocenters. The smallest absolute Gasteiger partial charge is 0.0926 e. The molecule has 0 spiro atoms. The van der Waals surface area contributed by atoms with Gasteiger partial charge in [-0.15, -0.1) is 0 Å². The number of pyridine rings is 1. The minimum absolute atomic E-state index is 0.148. The van der Waals surface area contributed by atoms with Crippen molar-refractivity contribution in [3.8, 4) is 0 Å². The second-order valence-corrected chi connectivity index (χ2v) is 8.31. The van der Waals surface area contributed by atoms with Gasteiger partial charge in [0, 0.05) is 32.9 Å². The van der Waals surface area contributed by atoms with E-state index in [4.69, 9.17) is 0 Å². The Kier molecular flexibility index (Phi) is 3.12. The number of para-hydroxylation sites is 1. The normalized spacial score (nSPS) is 35.8. The third-order valence-electron chi connectivity index (χ3n) is 4.99. The van der Waals surface area contributed by atoms with E-state index in [-0.39, 0.29) is 10.5 Å². The molecule has 1 N–H and O–H groups in total. The first-order valence-electron chi connectivity index (χ1n) is 7.63. The summed E-state index contributed by atoms with van der Waals surface area (Å²) in [6, 6.07) is 9.89. The molecule has 110 valence electrons. The molecule has 2 aliphatic heterocycles. The van der Waals surface area contributed by atoms with Gasteiger partial charge in [-0.25, -0.2) is 0 Å². The molecule has 21 heavy (non-hydrogen) atoms. The Morgan fingerprint density at radius 1 is 1.14 bits per heavy atom. The standard InChI is InChI=1S/C17H19NO2S/c19-17(10-12-4-3-5-13(11-17)21(12)20)15-8-9-18-16-7-2-1-6-14(15)16/h1-2,6-9,12-13,19H,3-5,10-11H2. The lowest BCUT2D eigenvalue weighted by Gasteiger charge is -2.44. The van der Waals surface area contributed by atoms with Crippen LogP contribution < -0.4 is 0 Å². The average molecular weight is 301 g/mol. The van der Waals surface area contributed by atoms with E-state index >= 15 is 0 Å². The third kappa shape index (κ3) is 2.12. The molecule has 2 saturated heterocycles. The molecule has 1 aromatic heterocycles. The summed E-state index contributed by atoms with van der Waals surface area (Å²) < 4.78 is 12.4. The van der Waals surface area contributed by atoms with E-state index in [0.717, 1.165) is 35.7 Å². The van der Waals surface area contributed by atoms with Crippen LogP contribution >= 0.6 is 0 Å². The molecule has 4 heteroatoms. The highest BCUT2D eigenvalue weighted by Gasteiger charge is 2.46. The van der Waals surface area contributed by atoms with Crippen molar-refractivity contribution < 1.29 is 9.32 Å². The Morgan fingerprint density at radius 2 is 1.86 bits per heavy atom. The maximum absolute atomic E-state index is 12.4. The summed E-state index contributed by atoms with van der Waals surface area (Å²) in [5.41, 5.74) is 1.02. The predicted molar refractivity (Wildman–Crippen MR) is 84.4 cm³/mol. The highest BCUT2D eigenvalue weighted by atomic mass is 32.2. The third-order valence-corrected chi connectivity index (χ3v) is 7.11. The maximum atomic E-state index is 12.4. The van der Waals surface area contributed by atoms with Gasteiger partial charge in [0.05, 0.1) is 11.1 Å². The van der Waals surface area contributed by atoms with E-state index in [2.05, 4.69) is 4.98 Å². The average Bonchev–Trinajstić information content (AvgIpc) is 2.48. The molecule has 4 rings (SSSR count). The van der Waals surface area contributed by atoms with E-state index in [9.17, 15) is 9.32 Å². The molecule has 2 aromatic rings. The number of hydrogen-bond donors (Lipinski definition) is 1. The van der Waals surface area contributed by atoms with Crippen molar-refractivity contribution in [2.75, 3.05) is 0 Å². The Hall–Kier alpha value is -1.26. The number of hydrogen-bond acceptors (Lipinski definition) is 3. The fraction of sp³-hybridized carbons (Fsp3) is 0.471. The Bertz CT molecular complexity index is 694. The van der Waals surface area contributed by atoms with E-state index in [1.165, 1.54) is 0 Å². The molecule has 0 saturated carbocycles. The molecule has 3 nitrogen and oxygen atoms in total. The van der Waals surface area contributed by atoms with Gasteiger partial charge in [0.15, 0.2) is 0 Å². The molecule has 0 radical (unpaired) electrons. The predicted octanol–water partition coefficient (Wildman–Crippen LogP) is 2.89. The first-order valence-corrected chi connectivity index (χ1v) is 8.91. The SMILES string of the molecule is O=S1C2CCCC1CC(O)(c1ccnc3ccccc13)C2. The van der Waals surface area contributed by atoms with Gasteiger partial charge in [0.25, 0.3) is 0 Å². The first kappa shape index (κ1) is 13.4. The zero-order valence-corrected chi connectivity index (χ0v) is 12.7. The minimum atomic E-state index is -0.855. The molecule has 0 aliphatic carbocycles. The molecular weight excluding hydrogens is 282 g/mol. The summed E-state index contributed by atoms with van der Waals surface area (Å²) in [5, 5.41) is 12.6. The number of nitrogens with zero attached hydrogens (tertiary/aromatic N) is 1. The number of rotatable bonds is 1. The summed E-state index contributed by atoms with van der Waals surface area (Å²) in [5.74, 6) is 0. The molecule has 2 aliphatic rings. The highest BCUT2D eigenvalue weighted by molar-refractivity contribution is 7.86. The zero-order chi connectivity index (χ0) is 14.4. The summed E-state index contributed by atoms with van der Waals surface area (Å²) >= 11 is 0. The van der Waals surface area contributed by atoms with Gasteiger partial charge in [-0.2, -0.15) is 0 Å². The van der Waals surface area contributed by atoms with E-state index in [0.29, 0.717) is 12.8 Å². The van der Waals surface area contributed by atoms with Crippen LogP contribution in [-0.4, -0.2) is 24.8 Å². The molecule has 3 heterocycles. The lowest BCUT2D eigenvalue weighted by molar-refractivity contribution is 0.00789. The molecule has 0 amide bonds. The summed E-state index contributed by atoms with van der Waals surface area (Å²) in [6.07, 6.45) is 6.11. The monoisotopic (exact) mass is 301 g/mol. The molecule has 2 bridgehead atoms. The quantitative estimate of drug-likeness (QED) is 0.881. The van der Waals surface area contributed by atoms with Crippen molar-refractivity contribution in [3.05, 3.63) is 42.1 Å². The summed E-state index contributed by atoms with van der Waals surface area (Å²) in [4.78, 5) is 4.38. The van der Waals surface area contributed by atoms with Crippen molar-refractivity contribution >= 4 is 21.7 Å². The summed E-state index contributed by atoms with van der Waals surface area (Å²) in [7, 11) is -0.766. The minimum Gasteiger partial charge on any atom is -0.385 e. The Balaban J connectivity index is 1.82. The fourth-order valence-electron chi connectivity index (χ4n) is 4.00. The molecule has 1 aromatic carbocycles. The van der Waals surface area contributed by atoms with Gasteiger partial charge in [0.2, 0.25) is 0 Å². The van der Waals surface area contributed by atoms with Crippen molar-refractivity contribution in [1.29, 1.82) is 0 Å². The van der Waals surface area contributed by atoms with Crippen LogP contribution in [0.15, 0.2) is 36.5 Å². The highest BCUT2D eigenvalue weighted by Crippen LogP contribution is 2.45. The largest absolute Gasteiger partial charge is 0.385 e. The van der Waals surface area contributed by atoms with Gasteiger partial charge in [-0.1, -0.05) is 24.6 Å². The van der Waals surface area contributed by atoms with Crippen LogP contribution in [-0.2, 0) is 16.4 Å². The lowest BCUT2D eigenvalue weighted by atomic mass is 9.79. The topological polar surface area (TPSA) is 50.2 Å². The molecule has 2 unspecified atom stereocenters. The number of fused-ring (bicyclic) bond motifs is 3. The van der Waals surface area contributed by atoms with Crippen molar-refractivity contribution in [1.82, 2.24) is 4.98 Å². The number of benzene rings is 1. The van der Waals surface area contributed by atoms with Crippen molar-refractivity contribution in [3.63, 3.8) is 0 Å². The van der Waals surface area contributed by atoms with Crippen LogP contribution in [0, 0.1) is 0 Å². The van der Waals surface area contributed by atoms with Gasteiger partial charge >= 0.3 is 0 Å². The van der Waals surface area contributed by atoms with Crippen LogP contribution in [0.25, 0.3) is 10.9 Å². The van der Waals surface area contributed by atoms with Crippen molar-refractivity contribution in [2.45, 2.75) is 48.2 Å². The van der Waals surface area contributed by atoms with Crippen LogP contribution in [0.2, 0.25) is 0 Å². The van der Waals surface area contributed by atoms with Crippen LogP contribution in [0.5, 0.6) is 0 Å². The second kappa shape index (κ2) is 4.89. The van der Waals surface area contributed by atoms with Crippen LogP contribution in [0.4, 0.5) is 0 Å². The van der Waals surface area contributed by atoms with E-state index in [1.807, 2.05) is 30.3 Å². The zero-order valence-electron chi connectivity index (χ0n) is 11.9. The molecule has 2 fully saturated rings. The number of aliphatic hydroxyl groups is 1. The van der Waals surface area contributed by atoms with Crippen LogP contribution in [0.3, 0.4) is 0 Å². The first-order chi connectivity index (χ1) is 10.2. The summed E-state index contributed by atoms with van der Waals surface area (Å²) in [6.45, 7) is 0. The van der Waals surface area contributed by atoms with Crippen LogP contribution in [0.1, 0.15) is 37.7 Å². The molecular formula is C17H19NO2S. The van der Waals surface area contributed by atoms with Gasteiger partial charge in [-0.05, 0) is 43.4 Å². The van der Waals surface area contributed by atoms with Crippen molar-refractivity contribution in [2.24, 2.45) is 0 Å². The second-order valence-electron chi connectivity index (χ2n) is 6.32. The van der Waals surface area contributed by atoms with E-state index < -0.39 is 16.4 Å². The van der Waals surface area contributed by atoms with Gasteiger partial charge in [0.1, 0.15) is 0 Å². The number of aromatic nitrogens is 1. The van der Waals surface area contributed by atoms with Gasteiger partial charge < -0.3 is 5.11 Å². The van der Waals surface area contributed by atoms with Gasteiger partial charge in [-0.3, -0.25) is 9.19 Å². The Labute approximate surface area is 126 Å². The Morgan fingerprint density at radius 3 is 2.62 bits per heavy atom. The fourth-order valence-corrected chi connectivity index (χ4v) is 6.23. The maximum Gasteiger partial charge on any atom is 0.0926 e. The van der Waals surface area contributed by atoms with E-state index in [1.54, 1.807) is 6.20 Å². The lowest BCUT2D eigenvalue weighted by Crippen LogP contribution is -2.47.